The molecule has 1 amide bonds. The van der Waals surface area contributed by atoms with Gasteiger partial charge in [-0.1, -0.05) is 0 Å². The first kappa shape index (κ1) is 22.1. The molecule has 0 radical (unpaired) electrons. The number of hydrogen-bond acceptors (Lipinski definition) is 7. The summed E-state index contributed by atoms with van der Waals surface area (Å²) in [7, 11) is 3.16. The van der Waals surface area contributed by atoms with E-state index in [1.807, 2.05) is 30.8 Å². The molecule has 33 heavy (non-hydrogen) atoms. The van der Waals surface area contributed by atoms with Crippen molar-refractivity contribution in [3.63, 3.8) is 0 Å². The van der Waals surface area contributed by atoms with Crippen molar-refractivity contribution in [3.05, 3.63) is 60.7 Å². The summed E-state index contributed by atoms with van der Waals surface area (Å²) in [5, 5.41) is 7.82. The molecule has 0 aliphatic rings. The number of fused-ring (bicyclic) bond motifs is 1. The number of aromatic nitrogens is 4. The van der Waals surface area contributed by atoms with Gasteiger partial charge in [-0.25, -0.2) is 4.98 Å². The Balaban J connectivity index is 1.45. The zero-order chi connectivity index (χ0) is 23.4. The first-order valence-electron chi connectivity index (χ1n) is 10.4. The van der Waals surface area contributed by atoms with Gasteiger partial charge >= 0.3 is 0 Å². The largest absolute Gasteiger partial charge is 0.493 e. The molecule has 0 saturated carbocycles. The number of rotatable bonds is 8. The summed E-state index contributed by atoms with van der Waals surface area (Å²) in [5.74, 6) is 2.57. The third kappa shape index (κ3) is 5.03. The predicted octanol–water partition coefficient (Wildman–Crippen LogP) is 4.40. The highest BCUT2D eigenvalue weighted by Gasteiger charge is 2.12. The number of nitrogens with zero attached hydrogens (tertiary/aromatic N) is 4. The Morgan fingerprint density at radius 3 is 2.48 bits per heavy atom. The minimum Gasteiger partial charge on any atom is -0.493 e. The zero-order valence-corrected chi connectivity index (χ0v) is 18.9. The smallest absolute Gasteiger partial charge is 0.230 e. The topological polar surface area (TPSA) is 100 Å². The maximum Gasteiger partial charge on any atom is 0.230 e. The van der Waals surface area contributed by atoms with E-state index in [1.165, 1.54) is 0 Å². The fourth-order valence-corrected chi connectivity index (χ4v) is 3.30. The normalized spacial score (nSPS) is 10.9. The lowest BCUT2D eigenvalue weighted by Crippen LogP contribution is -2.15. The summed E-state index contributed by atoms with van der Waals surface area (Å²) in [6.45, 7) is 4.07. The summed E-state index contributed by atoms with van der Waals surface area (Å²) in [4.78, 5) is 21.0. The lowest BCUT2D eigenvalue weighted by Gasteiger charge is -2.12. The van der Waals surface area contributed by atoms with Crippen molar-refractivity contribution in [2.45, 2.75) is 26.3 Å². The SMILES string of the molecule is COc1cc2nccc(Oc3ccc(NC(=O)Cc4cnn(C(C)C)c4)nc3)c2cc1OC. The van der Waals surface area contributed by atoms with Crippen LogP contribution in [-0.4, -0.2) is 39.9 Å². The molecule has 1 N–H and O–H groups in total. The van der Waals surface area contributed by atoms with Crippen molar-refractivity contribution < 1.29 is 19.0 Å². The molecule has 0 unspecified atom stereocenters. The Morgan fingerprint density at radius 2 is 1.82 bits per heavy atom. The molecule has 3 aromatic heterocycles. The molecule has 1 aromatic carbocycles. The summed E-state index contributed by atoms with van der Waals surface area (Å²) in [5.41, 5.74) is 1.56. The number of carbonyl (C=O) groups is 1. The average Bonchev–Trinajstić information content (AvgIpc) is 3.28. The third-order valence-electron chi connectivity index (χ3n) is 4.99. The second-order valence-corrected chi connectivity index (χ2v) is 7.66. The van der Waals surface area contributed by atoms with Crippen LogP contribution >= 0.6 is 0 Å². The van der Waals surface area contributed by atoms with E-state index in [4.69, 9.17) is 14.2 Å². The number of hydrogen-bond donors (Lipinski definition) is 1. The number of amides is 1. The van der Waals surface area contributed by atoms with Crippen LogP contribution in [0.5, 0.6) is 23.0 Å². The van der Waals surface area contributed by atoms with Crippen LogP contribution in [0.3, 0.4) is 0 Å². The molecule has 0 saturated heterocycles. The van der Waals surface area contributed by atoms with Crippen LogP contribution in [0.1, 0.15) is 25.5 Å². The molecule has 0 atom stereocenters. The molecule has 0 aliphatic heterocycles. The molecular formula is C24H25N5O4. The van der Waals surface area contributed by atoms with Gasteiger partial charge in [-0.05, 0) is 43.7 Å². The quantitative estimate of drug-likeness (QED) is 0.427. The molecule has 4 rings (SSSR count). The molecule has 9 heteroatoms. The number of anilines is 1. The van der Waals surface area contributed by atoms with Gasteiger partial charge < -0.3 is 19.5 Å². The van der Waals surface area contributed by atoms with E-state index in [0.29, 0.717) is 34.3 Å². The first-order valence-corrected chi connectivity index (χ1v) is 10.4. The van der Waals surface area contributed by atoms with E-state index < -0.39 is 0 Å². The summed E-state index contributed by atoms with van der Waals surface area (Å²) in [6, 6.07) is 9.06. The second kappa shape index (κ2) is 9.56. The summed E-state index contributed by atoms with van der Waals surface area (Å²) >= 11 is 0. The third-order valence-corrected chi connectivity index (χ3v) is 4.99. The monoisotopic (exact) mass is 447 g/mol. The van der Waals surface area contributed by atoms with E-state index in [1.54, 1.807) is 57.1 Å². The maximum absolute atomic E-state index is 12.3. The van der Waals surface area contributed by atoms with Gasteiger partial charge in [0.25, 0.3) is 0 Å². The highest BCUT2D eigenvalue weighted by Crippen LogP contribution is 2.36. The van der Waals surface area contributed by atoms with Crippen molar-refractivity contribution in [2.75, 3.05) is 19.5 Å². The number of pyridine rings is 2. The van der Waals surface area contributed by atoms with Gasteiger partial charge in [-0.2, -0.15) is 5.10 Å². The van der Waals surface area contributed by atoms with E-state index >= 15 is 0 Å². The lowest BCUT2D eigenvalue weighted by molar-refractivity contribution is -0.115. The Bertz CT molecular complexity index is 1270. The molecule has 0 spiro atoms. The van der Waals surface area contributed by atoms with Gasteiger partial charge in [0.1, 0.15) is 17.3 Å². The van der Waals surface area contributed by atoms with Gasteiger partial charge in [-0.3, -0.25) is 14.5 Å². The van der Waals surface area contributed by atoms with Crippen LogP contribution in [0, 0.1) is 0 Å². The Morgan fingerprint density at radius 1 is 1.03 bits per heavy atom. The number of ether oxygens (including phenoxy) is 3. The number of methoxy groups -OCH3 is 2. The first-order chi connectivity index (χ1) is 16.0. The molecule has 4 aromatic rings. The highest BCUT2D eigenvalue weighted by atomic mass is 16.5. The van der Waals surface area contributed by atoms with Crippen molar-refractivity contribution in [1.29, 1.82) is 0 Å². The van der Waals surface area contributed by atoms with Gasteiger partial charge in [0, 0.05) is 29.9 Å². The fraction of sp³-hybridized carbons (Fsp3) is 0.250. The Labute approximate surface area is 191 Å². The second-order valence-electron chi connectivity index (χ2n) is 7.66. The van der Waals surface area contributed by atoms with Crippen molar-refractivity contribution in [3.8, 4) is 23.0 Å². The number of benzene rings is 1. The molecule has 0 bridgehead atoms. The maximum atomic E-state index is 12.3. The van der Waals surface area contributed by atoms with Gasteiger partial charge in [0.05, 0.1) is 38.6 Å². The minimum absolute atomic E-state index is 0.166. The standard InChI is InChI=1S/C24H25N5O4/c1-15(2)29-14-16(12-27-29)9-24(30)28-23-6-5-17(13-26-23)33-20-7-8-25-19-11-22(32-4)21(31-3)10-18(19)20/h5-8,10-15H,9H2,1-4H3,(H,26,28,30). The van der Waals surface area contributed by atoms with Gasteiger partial charge in [0.2, 0.25) is 5.91 Å². The number of carbonyl (C=O) groups excluding carboxylic acids is 1. The molecule has 0 aliphatic carbocycles. The molecule has 9 nitrogen and oxygen atoms in total. The van der Waals surface area contributed by atoms with Crippen molar-refractivity contribution >= 4 is 22.6 Å². The lowest BCUT2D eigenvalue weighted by atomic mass is 10.2. The molecule has 0 fully saturated rings. The van der Waals surface area contributed by atoms with Gasteiger partial charge in [-0.15, -0.1) is 0 Å². The van der Waals surface area contributed by atoms with Crippen molar-refractivity contribution in [2.24, 2.45) is 0 Å². The van der Waals surface area contributed by atoms with E-state index in [-0.39, 0.29) is 18.4 Å². The van der Waals surface area contributed by atoms with Crippen LogP contribution in [0.4, 0.5) is 5.82 Å². The van der Waals surface area contributed by atoms with E-state index in [9.17, 15) is 4.79 Å². The Hall–Kier alpha value is -4.14. The van der Waals surface area contributed by atoms with E-state index in [2.05, 4.69) is 20.4 Å². The fourth-order valence-electron chi connectivity index (χ4n) is 3.30. The average molecular weight is 447 g/mol. The van der Waals surface area contributed by atoms with Crippen LogP contribution in [-0.2, 0) is 11.2 Å². The van der Waals surface area contributed by atoms with Crippen LogP contribution in [0.15, 0.2) is 55.1 Å². The van der Waals surface area contributed by atoms with E-state index in [0.717, 1.165) is 10.9 Å². The number of nitrogens with one attached hydrogen (secondary N) is 1. The Kier molecular flexibility index (Phi) is 6.39. The molecule has 170 valence electrons. The summed E-state index contributed by atoms with van der Waals surface area (Å²) in [6.07, 6.45) is 7.01. The van der Waals surface area contributed by atoms with Crippen LogP contribution < -0.4 is 19.5 Å². The van der Waals surface area contributed by atoms with Crippen LogP contribution in [0.25, 0.3) is 10.9 Å². The van der Waals surface area contributed by atoms with Crippen LogP contribution in [0.2, 0.25) is 0 Å². The summed E-state index contributed by atoms with van der Waals surface area (Å²) < 4.78 is 18.6. The highest BCUT2D eigenvalue weighted by molar-refractivity contribution is 5.91. The molecular weight excluding hydrogens is 422 g/mol. The minimum atomic E-state index is -0.166. The molecule has 3 heterocycles. The zero-order valence-electron chi connectivity index (χ0n) is 18.9. The van der Waals surface area contributed by atoms with Gasteiger partial charge in [0.15, 0.2) is 11.5 Å². The van der Waals surface area contributed by atoms with Crippen molar-refractivity contribution in [1.82, 2.24) is 19.7 Å². The predicted molar refractivity (Wildman–Crippen MR) is 124 cm³/mol.